The molecule has 0 N–H and O–H groups in total. The minimum absolute atomic E-state index is 1.15. The van der Waals surface area contributed by atoms with Gasteiger partial charge in [-0.15, -0.1) is 0 Å². The Kier molecular flexibility index (Phi) is 12.8. The van der Waals surface area contributed by atoms with Crippen molar-refractivity contribution in [3.8, 4) is 22.3 Å². The lowest BCUT2D eigenvalue weighted by Gasteiger charge is -2.17. The molecule has 0 heterocycles. The van der Waals surface area contributed by atoms with Gasteiger partial charge < -0.3 is 0 Å². The third-order valence-electron chi connectivity index (χ3n) is 11.8. The second kappa shape index (κ2) is 19.8. The SMILES string of the molecule is Cc1ccccc1-c1cc(C=Cc2ccc(C=C(c3ccccc3)c3ccccc3)cc2)c(-c2ccccc2C)cc1C=Cc1ccc(C=C(c2ccccc2)c2ccccc2)cc1. The molecule has 0 unspecified atom stereocenters. The van der Waals surface area contributed by atoms with E-state index in [1.807, 2.05) is 0 Å². The molecule has 9 aromatic rings. The topological polar surface area (TPSA) is 0 Å². The summed E-state index contributed by atoms with van der Waals surface area (Å²) in [4.78, 5) is 0. The Morgan fingerprint density at radius 3 is 0.859 bits per heavy atom. The van der Waals surface area contributed by atoms with Gasteiger partial charge in [-0.05, 0) is 138 Å². The van der Waals surface area contributed by atoms with Crippen molar-refractivity contribution < 1.29 is 0 Å². The Bertz CT molecular complexity index is 2790. The number of rotatable bonds is 12. The molecule has 0 aliphatic heterocycles. The van der Waals surface area contributed by atoms with E-state index in [-0.39, 0.29) is 0 Å². The predicted molar refractivity (Wildman–Crippen MR) is 277 cm³/mol. The van der Waals surface area contributed by atoms with Crippen molar-refractivity contribution in [1.29, 1.82) is 0 Å². The van der Waals surface area contributed by atoms with Gasteiger partial charge in [-0.2, -0.15) is 0 Å². The molecule has 0 spiro atoms. The molecule has 0 saturated carbocycles. The van der Waals surface area contributed by atoms with Crippen LogP contribution in [0.25, 0.3) is 69.9 Å². The van der Waals surface area contributed by atoms with E-state index in [1.54, 1.807) is 0 Å². The maximum absolute atomic E-state index is 2.38. The van der Waals surface area contributed by atoms with Gasteiger partial charge >= 0.3 is 0 Å². The van der Waals surface area contributed by atoms with E-state index in [4.69, 9.17) is 0 Å². The molecule has 306 valence electrons. The zero-order valence-electron chi connectivity index (χ0n) is 36.4. The van der Waals surface area contributed by atoms with Crippen molar-refractivity contribution in [2.45, 2.75) is 13.8 Å². The Balaban J connectivity index is 1.07. The van der Waals surface area contributed by atoms with Crippen LogP contribution in [0.4, 0.5) is 0 Å². The van der Waals surface area contributed by atoms with Gasteiger partial charge in [0.2, 0.25) is 0 Å². The number of hydrogen-bond acceptors (Lipinski definition) is 0. The van der Waals surface area contributed by atoms with Crippen molar-refractivity contribution in [3.05, 3.63) is 297 Å². The van der Waals surface area contributed by atoms with E-state index in [0.29, 0.717) is 0 Å². The van der Waals surface area contributed by atoms with E-state index in [9.17, 15) is 0 Å². The summed E-state index contributed by atoms with van der Waals surface area (Å²) in [5.41, 5.74) is 21.5. The molecule has 0 bridgehead atoms. The quantitative estimate of drug-likeness (QED) is 0.108. The van der Waals surface area contributed by atoms with Crippen LogP contribution in [0.15, 0.2) is 231 Å². The monoisotopic (exact) mass is 818 g/mol. The molecule has 0 nitrogen and oxygen atoms in total. The molecule has 0 heteroatoms. The standard InChI is InChI=1S/C64H50/c1-47-19-15-17-29-59(47)63-45-58(42-40-50-33-37-52(38-34-50)44-62(55-25-11-5-12-26-55)56-27-13-6-14-28-56)64(60-30-18-16-20-48(60)2)46-57(63)41-39-49-31-35-51(36-32-49)43-61(53-21-7-3-8-22-53)54-23-9-4-10-24-54/h3-46H,1-2H3. The molecular formula is C64H50. The first-order valence-corrected chi connectivity index (χ1v) is 22.1. The predicted octanol–water partition coefficient (Wildman–Crippen LogP) is 17.2. The third kappa shape index (κ3) is 9.84. The summed E-state index contributed by atoms with van der Waals surface area (Å²) in [6.45, 7) is 4.41. The zero-order valence-corrected chi connectivity index (χ0v) is 36.4. The molecule has 0 aromatic heterocycles. The van der Waals surface area contributed by atoms with E-state index >= 15 is 0 Å². The molecule has 0 radical (unpaired) electrons. The van der Waals surface area contributed by atoms with E-state index in [1.165, 1.54) is 77.9 Å². The van der Waals surface area contributed by atoms with Gasteiger partial charge in [-0.3, -0.25) is 0 Å². The summed E-state index contributed by atoms with van der Waals surface area (Å²) >= 11 is 0. The first-order valence-electron chi connectivity index (χ1n) is 22.1. The lowest BCUT2D eigenvalue weighted by atomic mass is 9.87. The fourth-order valence-electron chi connectivity index (χ4n) is 8.38. The van der Waals surface area contributed by atoms with Crippen molar-refractivity contribution >= 4 is 47.6 Å². The van der Waals surface area contributed by atoms with Crippen LogP contribution < -0.4 is 0 Å². The summed E-state index contributed by atoms with van der Waals surface area (Å²) in [5.74, 6) is 0. The smallest absolute Gasteiger partial charge is 0.0102 e. The molecule has 0 atom stereocenters. The van der Waals surface area contributed by atoms with Gasteiger partial charge in [0.25, 0.3) is 0 Å². The average Bonchev–Trinajstić information content (AvgIpc) is 3.36. The molecule has 64 heavy (non-hydrogen) atoms. The first kappa shape index (κ1) is 41.3. The highest BCUT2D eigenvalue weighted by molar-refractivity contribution is 5.94. The summed E-state index contributed by atoms with van der Waals surface area (Å²) < 4.78 is 0. The molecular weight excluding hydrogens is 769 g/mol. The second-order valence-corrected chi connectivity index (χ2v) is 16.2. The third-order valence-corrected chi connectivity index (χ3v) is 11.8. The van der Waals surface area contributed by atoms with Crippen LogP contribution in [0.3, 0.4) is 0 Å². The highest BCUT2D eigenvalue weighted by atomic mass is 14.2. The minimum atomic E-state index is 1.15. The number of aryl methyl sites for hydroxylation is 2. The van der Waals surface area contributed by atoms with Gasteiger partial charge in [-0.25, -0.2) is 0 Å². The van der Waals surface area contributed by atoms with Crippen LogP contribution in [0, 0.1) is 13.8 Å². The fraction of sp³-hybridized carbons (Fsp3) is 0.0312. The highest BCUT2D eigenvalue weighted by Crippen LogP contribution is 2.37. The minimum Gasteiger partial charge on any atom is -0.0622 e. The Morgan fingerprint density at radius 1 is 0.266 bits per heavy atom. The first-order chi connectivity index (χ1) is 31.6. The van der Waals surface area contributed by atoms with Gasteiger partial charge in [0.05, 0.1) is 0 Å². The van der Waals surface area contributed by atoms with Gasteiger partial charge in [0.1, 0.15) is 0 Å². The van der Waals surface area contributed by atoms with Crippen molar-refractivity contribution in [2.24, 2.45) is 0 Å². The maximum atomic E-state index is 2.38. The molecule has 0 amide bonds. The molecule has 0 aliphatic carbocycles. The van der Waals surface area contributed by atoms with Crippen LogP contribution >= 0.6 is 0 Å². The van der Waals surface area contributed by atoms with Crippen LogP contribution in [0.2, 0.25) is 0 Å². The summed E-state index contributed by atoms with van der Waals surface area (Å²) in [6.07, 6.45) is 13.6. The summed E-state index contributed by atoms with van der Waals surface area (Å²) in [6, 6.07) is 82.4. The Hall–Kier alpha value is -8.06. The summed E-state index contributed by atoms with van der Waals surface area (Å²) in [5, 5.41) is 0. The van der Waals surface area contributed by atoms with E-state index in [2.05, 4.69) is 281 Å². The van der Waals surface area contributed by atoms with Crippen LogP contribution in [-0.2, 0) is 0 Å². The van der Waals surface area contributed by atoms with Crippen LogP contribution in [0.1, 0.15) is 66.8 Å². The average molecular weight is 819 g/mol. The van der Waals surface area contributed by atoms with Crippen molar-refractivity contribution in [3.63, 3.8) is 0 Å². The van der Waals surface area contributed by atoms with Crippen LogP contribution in [-0.4, -0.2) is 0 Å². The van der Waals surface area contributed by atoms with Crippen molar-refractivity contribution in [1.82, 2.24) is 0 Å². The second-order valence-electron chi connectivity index (χ2n) is 16.2. The molecule has 0 fully saturated rings. The number of benzene rings is 9. The lowest BCUT2D eigenvalue weighted by Crippen LogP contribution is -1.94. The molecule has 0 saturated heterocycles. The van der Waals surface area contributed by atoms with E-state index in [0.717, 1.165) is 22.3 Å². The normalized spacial score (nSPS) is 11.2. The molecule has 0 aliphatic rings. The molecule has 9 rings (SSSR count). The van der Waals surface area contributed by atoms with Gasteiger partial charge in [0, 0.05) is 0 Å². The van der Waals surface area contributed by atoms with Gasteiger partial charge in [0.15, 0.2) is 0 Å². The molecule has 9 aromatic carbocycles. The maximum Gasteiger partial charge on any atom is -0.0102 e. The highest BCUT2D eigenvalue weighted by Gasteiger charge is 2.14. The summed E-state index contributed by atoms with van der Waals surface area (Å²) in [7, 11) is 0. The fourth-order valence-corrected chi connectivity index (χ4v) is 8.38. The van der Waals surface area contributed by atoms with Gasteiger partial charge in [-0.1, -0.05) is 243 Å². The van der Waals surface area contributed by atoms with Crippen LogP contribution in [0.5, 0.6) is 0 Å². The van der Waals surface area contributed by atoms with E-state index < -0.39 is 0 Å². The lowest BCUT2D eigenvalue weighted by molar-refractivity contribution is 1.43. The zero-order chi connectivity index (χ0) is 43.5. The van der Waals surface area contributed by atoms with Crippen molar-refractivity contribution in [2.75, 3.05) is 0 Å². The Labute approximate surface area is 379 Å². The Morgan fingerprint density at radius 2 is 0.547 bits per heavy atom. The largest absolute Gasteiger partial charge is 0.0622 e. The number of hydrogen-bond donors (Lipinski definition) is 0.